The number of hydrogen-bond acceptors (Lipinski definition) is 3. The van der Waals surface area contributed by atoms with Crippen LogP contribution in [0.2, 0.25) is 0 Å². The molecule has 1 fully saturated rings. The Labute approximate surface area is 209 Å². The number of hydrogen-bond donors (Lipinski definition) is 1. The van der Waals surface area contributed by atoms with Gasteiger partial charge in [-0.2, -0.15) is 0 Å². The molecule has 0 spiro atoms. The molecule has 2 aliphatic rings. The maximum atomic E-state index is 12.6. The summed E-state index contributed by atoms with van der Waals surface area (Å²) in [5, 5.41) is 3.11. The number of ether oxygens (including phenoxy) is 1. The first kappa shape index (κ1) is 23.6. The zero-order valence-electron chi connectivity index (χ0n) is 20.7. The van der Waals surface area contributed by atoms with Crippen LogP contribution in [-0.4, -0.2) is 43.6 Å². The minimum atomic E-state index is 0.0143. The maximum absolute atomic E-state index is 12.6. The Morgan fingerprint density at radius 2 is 1.74 bits per heavy atom. The number of carbonyl (C=O) groups excluding carboxylic acids is 1. The number of methoxy groups -OCH3 is 1. The Balaban J connectivity index is 1.09. The molecule has 4 heteroatoms. The van der Waals surface area contributed by atoms with Gasteiger partial charge >= 0.3 is 0 Å². The van der Waals surface area contributed by atoms with Crippen molar-refractivity contribution in [1.82, 2.24) is 10.2 Å². The molecule has 1 aliphatic carbocycles. The number of piperidine rings is 1. The van der Waals surface area contributed by atoms with Crippen LogP contribution < -0.4 is 10.1 Å². The third-order valence-electron chi connectivity index (χ3n) is 7.78. The van der Waals surface area contributed by atoms with Crippen molar-refractivity contribution in [2.24, 2.45) is 0 Å². The Hall–Kier alpha value is -3.11. The highest BCUT2D eigenvalue weighted by Crippen LogP contribution is 2.43. The molecule has 1 N–H and O–H groups in total. The second kappa shape index (κ2) is 11.1. The quantitative estimate of drug-likeness (QED) is 0.408. The van der Waals surface area contributed by atoms with E-state index in [0.717, 1.165) is 49.2 Å². The van der Waals surface area contributed by atoms with Crippen molar-refractivity contribution >= 4 is 5.91 Å². The predicted molar refractivity (Wildman–Crippen MR) is 142 cm³/mol. The molecule has 0 bridgehead atoms. The molecular formula is C31H36N2O2. The summed E-state index contributed by atoms with van der Waals surface area (Å²) in [6.45, 7) is 3.03. The van der Waals surface area contributed by atoms with Crippen molar-refractivity contribution in [3.8, 4) is 16.9 Å². The summed E-state index contributed by atoms with van der Waals surface area (Å²) < 4.78 is 5.64. The normalized spacial score (nSPS) is 19.5. The van der Waals surface area contributed by atoms with Crippen LogP contribution in [0.1, 0.15) is 59.5 Å². The number of carbonyl (C=O) groups is 1. The predicted octanol–water partition coefficient (Wildman–Crippen LogP) is 6.07. The maximum Gasteiger partial charge on any atom is 0.251 e. The van der Waals surface area contributed by atoms with Gasteiger partial charge in [-0.25, -0.2) is 0 Å². The van der Waals surface area contributed by atoms with E-state index in [9.17, 15) is 4.79 Å². The SMILES string of the molecule is COc1cccc2c1CC[C@H]1[C@@H]2CCCN1CCCCNC(=O)c1ccc(-c2ccccc2)cc1. The lowest BCUT2D eigenvalue weighted by molar-refractivity contribution is 0.0947. The number of benzene rings is 3. The number of rotatable bonds is 8. The molecule has 35 heavy (non-hydrogen) atoms. The van der Waals surface area contributed by atoms with Gasteiger partial charge in [-0.3, -0.25) is 9.69 Å². The zero-order chi connectivity index (χ0) is 24.0. The summed E-state index contributed by atoms with van der Waals surface area (Å²) in [7, 11) is 1.79. The molecule has 5 rings (SSSR count). The molecule has 1 aliphatic heterocycles. The fourth-order valence-corrected chi connectivity index (χ4v) is 6.02. The van der Waals surface area contributed by atoms with Crippen LogP contribution >= 0.6 is 0 Å². The largest absolute Gasteiger partial charge is 0.496 e. The smallest absolute Gasteiger partial charge is 0.251 e. The van der Waals surface area contributed by atoms with Crippen LogP contribution in [0.15, 0.2) is 72.8 Å². The molecule has 0 aromatic heterocycles. The van der Waals surface area contributed by atoms with Gasteiger partial charge in [0.05, 0.1) is 7.11 Å². The highest BCUT2D eigenvalue weighted by Gasteiger charge is 2.36. The first-order valence-electron chi connectivity index (χ1n) is 13.1. The topological polar surface area (TPSA) is 41.6 Å². The summed E-state index contributed by atoms with van der Waals surface area (Å²) in [6.07, 6.45) is 6.98. The van der Waals surface area contributed by atoms with Crippen molar-refractivity contribution in [2.75, 3.05) is 26.7 Å². The second-order valence-electron chi connectivity index (χ2n) is 9.83. The van der Waals surface area contributed by atoms with Crippen LogP contribution in [0.25, 0.3) is 11.1 Å². The molecule has 2 atom stereocenters. The molecule has 1 heterocycles. The lowest BCUT2D eigenvalue weighted by Gasteiger charge is -2.45. The first-order chi connectivity index (χ1) is 17.2. The Morgan fingerprint density at radius 3 is 2.54 bits per heavy atom. The van der Waals surface area contributed by atoms with Gasteiger partial charge in [-0.15, -0.1) is 0 Å². The average Bonchev–Trinajstić information content (AvgIpc) is 2.92. The van der Waals surface area contributed by atoms with Crippen molar-refractivity contribution in [3.63, 3.8) is 0 Å². The molecule has 3 aromatic carbocycles. The summed E-state index contributed by atoms with van der Waals surface area (Å²) in [5.41, 5.74) is 5.96. The highest BCUT2D eigenvalue weighted by molar-refractivity contribution is 5.94. The minimum absolute atomic E-state index is 0.0143. The van der Waals surface area contributed by atoms with Crippen LogP contribution in [0, 0.1) is 0 Å². The monoisotopic (exact) mass is 468 g/mol. The van der Waals surface area contributed by atoms with Gasteiger partial charge in [-0.1, -0.05) is 54.6 Å². The van der Waals surface area contributed by atoms with Gasteiger partial charge in [-0.05, 0) is 98.0 Å². The summed E-state index contributed by atoms with van der Waals surface area (Å²) in [5.74, 6) is 1.70. The van der Waals surface area contributed by atoms with Crippen LogP contribution in [-0.2, 0) is 6.42 Å². The van der Waals surface area contributed by atoms with E-state index >= 15 is 0 Å². The molecule has 4 nitrogen and oxygen atoms in total. The van der Waals surface area contributed by atoms with Gasteiger partial charge < -0.3 is 10.1 Å². The van der Waals surface area contributed by atoms with Gasteiger partial charge in [0.15, 0.2) is 0 Å². The summed E-state index contributed by atoms with van der Waals surface area (Å²) in [4.78, 5) is 15.3. The summed E-state index contributed by atoms with van der Waals surface area (Å²) in [6, 6.07) is 25.3. The molecule has 0 saturated carbocycles. The van der Waals surface area contributed by atoms with Crippen molar-refractivity contribution in [2.45, 2.75) is 50.5 Å². The molecule has 1 saturated heterocycles. The van der Waals surface area contributed by atoms with Gasteiger partial charge in [0.1, 0.15) is 5.75 Å². The van der Waals surface area contributed by atoms with Crippen LogP contribution in [0.3, 0.4) is 0 Å². The number of nitrogens with one attached hydrogen (secondary N) is 1. The number of fused-ring (bicyclic) bond motifs is 3. The van der Waals surface area contributed by atoms with E-state index in [1.807, 2.05) is 42.5 Å². The highest BCUT2D eigenvalue weighted by atomic mass is 16.5. The van der Waals surface area contributed by atoms with Crippen molar-refractivity contribution in [3.05, 3.63) is 89.5 Å². The molecule has 1 amide bonds. The fraction of sp³-hybridized carbons (Fsp3) is 0.387. The van der Waals surface area contributed by atoms with E-state index in [4.69, 9.17) is 4.74 Å². The molecule has 182 valence electrons. The molecular weight excluding hydrogens is 432 g/mol. The molecule has 0 radical (unpaired) electrons. The van der Waals surface area contributed by atoms with E-state index in [-0.39, 0.29) is 5.91 Å². The van der Waals surface area contributed by atoms with Gasteiger partial charge in [0.2, 0.25) is 0 Å². The third-order valence-corrected chi connectivity index (χ3v) is 7.78. The van der Waals surface area contributed by atoms with E-state index in [0.29, 0.717) is 12.0 Å². The van der Waals surface area contributed by atoms with Crippen LogP contribution in [0.4, 0.5) is 0 Å². The van der Waals surface area contributed by atoms with Crippen molar-refractivity contribution in [1.29, 1.82) is 0 Å². The van der Waals surface area contributed by atoms with Gasteiger partial charge in [0, 0.05) is 18.2 Å². The number of unbranched alkanes of at least 4 members (excludes halogenated alkanes) is 1. The second-order valence-corrected chi connectivity index (χ2v) is 9.83. The van der Waals surface area contributed by atoms with E-state index < -0.39 is 0 Å². The van der Waals surface area contributed by atoms with Crippen LogP contribution in [0.5, 0.6) is 5.75 Å². The Morgan fingerprint density at radius 1 is 0.943 bits per heavy atom. The minimum Gasteiger partial charge on any atom is -0.496 e. The number of nitrogens with zero attached hydrogens (tertiary/aromatic N) is 1. The number of likely N-dealkylation sites (tertiary alicyclic amines) is 1. The van der Waals surface area contributed by atoms with Crippen molar-refractivity contribution < 1.29 is 9.53 Å². The fourth-order valence-electron chi connectivity index (χ4n) is 6.02. The first-order valence-corrected chi connectivity index (χ1v) is 13.1. The average molecular weight is 469 g/mol. The van der Waals surface area contributed by atoms with Gasteiger partial charge in [0.25, 0.3) is 5.91 Å². The number of amides is 1. The Kier molecular flexibility index (Phi) is 7.48. The van der Waals surface area contributed by atoms with E-state index in [1.54, 1.807) is 7.11 Å². The van der Waals surface area contributed by atoms with E-state index in [1.165, 1.54) is 42.5 Å². The zero-order valence-corrected chi connectivity index (χ0v) is 20.7. The molecule has 0 unspecified atom stereocenters. The Bertz CT molecular complexity index is 1130. The summed E-state index contributed by atoms with van der Waals surface area (Å²) >= 11 is 0. The van der Waals surface area contributed by atoms with E-state index in [2.05, 4.69) is 40.5 Å². The lowest BCUT2D eigenvalue weighted by Crippen LogP contribution is -2.46. The standard InChI is InChI=1S/C31H36N2O2/c1-35-30-13-7-11-26-27-12-8-22-33(29(27)19-18-28(26)30)21-6-5-20-32-31(34)25-16-14-24(15-17-25)23-9-3-2-4-10-23/h2-4,7,9-11,13-17,27,29H,5-6,8,12,18-22H2,1H3,(H,32,34)/t27-,29+/m1/s1. The molecule has 3 aromatic rings. The lowest BCUT2D eigenvalue weighted by atomic mass is 9.74. The third kappa shape index (κ3) is 5.28.